The van der Waals surface area contributed by atoms with E-state index in [1.165, 1.54) is 6.42 Å². The van der Waals surface area contributed by atoms with E-state index in [4.69, 9.17) is 0 Å². The van der Waals surface area contributed by atoms with Crippen LogP contribution in [0.15, 0.2) is 48.8 Å². The fraction of sp³-hybridized carbons (Fsp3) is 0.542. The van der Waals surface area contributed by atoms with E-state index in [1.54, 1.807) is 24.5 Å². The van der Waals surface area contributed by atoms with Gasteiger partial charge in [0.05, 0.1) is 6.10 Å². The second-order valence-corrected chi connectivity index (χ2v) is 11.4. The van der Waals surface area contributed by atoms with Gasteiger partial charge in [-0.15, -0.1) is 0 Å². The molecule has 8 heteroatoms. The fourth-order valence-corrected chi connectivity index (χ4v) is 6.29. The Morgan fingerprint density at radius 1 is 1.16 bits per heavy atom. The van der Waals surface area contributed by atoms with Crippen LogP contribution in [0, 0.1) is 11.8 Å². The fourth-order valence-electron chi connectivity index (χ4n) is 5.10. The highest BCUT2D eigenvalue weighted by Gasteiger charge is 2.41. The van der Waals surface area contributed by atoms with Gasteiger partial charge < -0.3 is 10.4 Å². The average molecular weight is 459 g/mol. The first-order chi connectivity index (χ1) is 15.2. The van der Waals surface area contributed by atoms with Gasteiger partial charge in [-0.05, 0) is 75.1 Å². The molecule has 0 amide bonds. The van der Waals surface area contributed by atoms with Crippen molar-refractivity contribution in [3.63, 3.8) is 0 Å². The van der Waals surface area contributed by atoms with Gasteiger partial charge >= 0.3 is 0 Å². The van der Waals surface area contributed by atoms with Gasteiger partial charge in [-0.25, -0.2) is 0 Å². The number of fused-ring (bicyclic) bond motifs is 2. The van der Waals surface area contributed by atoms with E-state index in [9.17, 15) is 13.5 Å². The van der Waals surface area contributed by atoms with E-state index in [-0.39, 0.29) is 11.6 Å². The van der Waals surface area contributed by atoms with Crippen molar-refractivity contribution in [1.82, 2.24) is 15.0 Å². The number of anilines is 1. The second kappa shape index (κ2) is 9.47. The standard InChI is InChI=1S/C24H34N4O3S/c1-24(2,26-16-23(29)20-4-3-11-25-15-20)14-17-6-9-21(10-7-17)27-32(30,31)28-22-13-18-5-8-19(22)12-18/h3-4,6-7,9-11,15,18-19,22-23,26-29H,5,8,12-14,16H2,1-2H3/t18-,19-,22+,23+/m1/s1. The summed E-state index contributed by atoms with van der Waals surface area (Å²) in [6.07, 6.45) is 7.97. The number of nitrogens with one attached hydrogen (secondary N) is 3. The number of aliphatic hydroxyl groups excluding tert-OH is 1. The lowest BCUT2D eigenvalue weighted by Gasteiger charge is -2.28. The van der Waals surface area contributed by atoms with Crippen LogP contribution in [0.5, 0.6) is 0 Å². The van der Waals surface area contributed by atoms with Gasteiger partial charge in [0.25, 0.3) is 10.2 Å². The van der Waals surface area contributed by atoms with Crippen LogP contribution < -0.4 is 14.8 Å². The molecule has 0 saturated heterocycles. The van der Waals surface area contributed by atoms with E-state index >= 15 is 0 Å². The molecule has 0 radical (unpaired) electrons. The Morgan fingerprint density at radius 2 is 1.94 bits per heavy atom. The third-order valence-electron chi connectivity index (χ3n) is 6.74. The van der Waals surface area contributed by atoms with Crippen LogP contribution in [-0.2, 0) is 16.6 Å². The van der Waals surface area contributed by atoms with E-state index in [1.807, 2.05) is 24.3 Å². The van der Waals surface area contributed by atoms with Crippen molar-refractivity contribution in [2.75, 3.05) is 11.3 Å². The molecule has 0 unspecified atom stereocenters. The molecule has 0 spiro atoms. The Labute approximate surface area is 191 Å². The number of nitrogens with zero attached hydrogens (tertiary/aromatic N) is 1. The summed E-state index contributed by atoms with van der Waals surface area (Å²) in [5, 5.41) is 13.8. The summed E-state index contributed by atoms with van der Waals surface area (Å²) in [5.41, 5.74) is 2.18. The van der Waals surface area contributed by atoms with Crippen molar-refractivity contribution >= 4 is 15.9 Å². The predicted molar refractivity (Wildman–Crippen MR) is 126 cm³/mol. The van der Waals surface area contributed by atoms with E-state index in [0.29, 0.717) is 24.1 Å². The summed E-state index contributed by atoms with van der Waals surface area (Å²) in [6.45, 7) is 4.59. The lowest BCUT2D eigenvalue weighted by Crippen LogP contribution is -2.43. The van der Waals surface area contributed by atoms with Crippen molar-refractivity contribution in [3.8, 4) is 0 Å². The zero-order chi connectivity index (χ0) is 22.8. The van der Waals surface area contributed by atoms with Gasteiger partial charge in [0.15, 0.2) is 0 Å². The highest BCUT2D eigenvalue weighted by molar-refractivity contribution is 7.90. The Bertz CT molecular complexity index is 996. The molecule has 2 saturated carbocycles. The lowest BCUT2D eigenvalue weighted by atomic mass is 9.94. The Kier molecular flexibility index (Phi) is 6.86. The third-order valence-corrected chi connectivity index (χ3v) is 7.86. The minimum Gasteiger partial charge on any atom is -0.387 e. The number of benzene rings is 1. The maximum absolute atomic E-state index is 12.6. The summed E-state index contributed by atoms with van der Waals surface area (Å²) in [6, 6.07) is 11.2. The van der Waals surface area contributed by atoms with E-state index in [2.05, 4.69) is 33.6 Å². The van der Waals surface area contributed by atoms with Crippen LogP contribution in [0.3, 0.4) is 0 Å². The molecule has 4 N–H and O–H groups in total. The molecule has 2 aliphatic carbocycles. The molecule has 174 valence electrons. The topological polar surface area (TPSA) is 103 Å². The molecule has 1 aromatic carbocycles. The molecule has 2 aliphatic rings. The number of hydrogen-bond acceptors (Lipinski definition) is 5. The van der Waals surface area contributed by atoms with Gasteiger partial charge in [-0.3, -0.25) is 9.71 Å². The number of aromatic nitrogens is 1. The monoisotopic (exact) mass is 458 g/mol. The highest BCUT2D eigenvalue weighted by Crippen LogP contribution is 2.44. The molecule has 2 fully saturated rings. The first-order valence-corrected chi connectivity index (χ1v) is 12.9. The lowest BCUT2D eigenvalue weighted by molar-refractivity contribution is 0.160. The van der Waals surface area contributed by atoms with Gasteiger partial charge in [0.2, 0.25) is 0 Å². The van der Waals surface area contributed by atoms with Crippen molar-refractivity contribution < 1.29 is 13.5 Å². The number of β-amino-alcohol motifs (C(OH)–C–C–N with tert-alkyl or cyclic N) is 1. The Morgan fingerprint density at radius 3 is 2.56 bits per heavy atom. The highest BCUT2D eigenvalue weighted by atomic mass is 32.2. The molecule has 2 aromatic rings. The number of pyridine rings is 1. The van der Waals surface area contributed by atoms with Gasteiger partial charge in [0.1, 0.15) is 0 Å². The number of hydrogen-bond donors (Lipinski definition) is 4. The van der Waals surface area contributed by atoms with Crippen LogP contribution in [0.1, 0.15) is 56.8 Å². The molecule has 2 bridgehead atoms. The molecule has 0 aliphatic heterocycles. The van der Waals surface area contributed by atoms with Gasteiger partial charge in [-0.2, -0.15) is 13.1 Å². The zero-order valence-electron chi connectivity index (χ0n) is 18.8. The van der Waals surface area contributed by atoms with Crippen LogP contribution in [0.25, 0.3) is 0 Å². The minimum atomic E-state index is -3.58. The van der Waals surface area contributed by atoms with Gasteiger partial charge in [0, 0.05) is 41.8 Å². The Hall–Kier alpha value is -2.00. The first-order valence-electron chi connectivity index (χ1n) is 11.4. The number of rotatable bonds is 10. The second-order valence-electron chi connectivity index (χ2n) is 9.95. The maximum Gasteiger partial charge on any atom is 0.299 e. The average Bonchev–Trinajstić information content (AvgIpc) is 3.36. The smallest absolute Gasteiger partial charge is 0.299 e. The predicted octanol–water partition coefficient (Wildman–Crippen LogP) is 3.16. The molecule has 1 heterocycles. The summed E-state index contributed by atoms with van der Waals surface area (Å²) in [7, 11) is -3.58. The van der Waals surface area contributed by atoms with Crippen LogP contribution in [0.2, 0.25) is 0 Å². The molecule has 4 rings (SSSR count). The van der Waals surface area contributed by atoms with Gasteiger partial charge in [-0.1, -0.05) is 24.6 Å². The normalized spacial score (nSPS) is 23.9. The third kappa shape index (κ3) is 6.07. The molecule has 1 aromatic heterocycles. The number of aliphatic hydroxyl groups is 1. The minimum absolute atomic E-state index is 0.0689. The summed E-state index contributed by atoms with van der Waals surface area (Å²) in [5.74, 6) is 1.18. The van der Waals surface area contributed by atoms with Crippen molar-refractivity contribution in [3.05, 3.63) is 59.9 Å². The molecular weight excluding hydrogens is 424 g/mol. The molecule has 4 atom stereocenters. The van der Waals surface area contributed by atoms with Crippen molar-refractivity contribution in [2.45, 2.75) is 63.6 Å². The summed E-state index contributed by atoms with van der Waals surface area (Å²) in [4.78, 5) is 4.05. The van der Waals surface area contributed by atoms with Crippen LogP contribution in [-0.4, -0.2) is 36.6 Å². The summed E-state index contributed by atoms with van der Waals surface area (Å²) >= 11 is 0. The van der Waals surface area contributed by atoms with E-state index in [0.717, 1.165) is 36.8 Å². The molecular formula is C24H34N4O3S. The summed E-state index contributed by atoms with van der Waals surface area (Å²) < 4.78 is 30.6. The van der Waals surface area contributed by atoms with Crippen molar-refractivity contribution in [1.29, 1.82) is 0 Å². The SMILES string of the molecule is CC(C)(Cc1ccc(NS(=O)(=O)N[C@H]2C[C@@H]3CC[C@@H]2C3)cc1)NC[C@H](O)c1cccnc1. The van der Waals surface area contributed by atoms with E-state index < -0.39 is 16.3 Å². The molecule has 7 nitrogen and oxygen atoms in total. The maximum atomic E-state index is 12.6. The largest absolute Gasteiger partial charge is 0.387 e. The quantitative estimate of drug-likeness (QED) is 0.438. The Balaban J connectivity index is 1.28. The first kappa shape index (κ1) is 23.2. The zero-order valence-corrected chi connectivity index (χ0v) is 19.6. The molecule has 32 heavy (non-hydrogen) atoms. The van der Waals surface area contributed by atoms with Crippen molar-refractivity contribution in [2.24, 2.45) is 11.8 Å². The van der Waals surface area contributed by atoms with Crippen LogP contribution >= 0.6 is 0 Å². The van der Waals surface area contributed by atoms with Crippen LogP contribution in [0.4, 0.5) is 5.69 Å².